The Morgan fingerprint density at radius 2 is 2.06 bits per heavy atom. The summed E-state index contributed by atoms with van der Waals surface area (Å²) in [5.74, 6) is 2.76. The minimum absolute atomic E-state index is 0.383. The van der Waals surface area contributed by atoms with Crippen molar-refractivity contribution in [3.8, 4) is 23.7 Å². The highest BCUT2D eigenvalue weighted by atomic mass is 19.4. The molecule has 2 nitrogen and oxygen atoms in total. The number of aromatic nitrogens is 2. The number of aryl methyl sites for hydroxylation is 1. The molecule has 0 saturated heterocycles. The van der Waals surface area contributed by atoms with E-state index < -0.39 is 11.7 Å². The lowest BCUT2D eigenvalue weighted by molar-refractivity contribution is -0.137. The number of alkyl halides is 3. The van der Waals surface area contributed by atoms with Crippen molar-refractivity contribution >= 4 is 0 Å². The molecule has 0 spiro atoms. The van der Waals surface area contributed by atoms with Crippen LogP contribution in [-0.4, -0.2) is 9.55 Å². The molecule has 0 bridgehead atoms. The van der Waals surface area contributed by atoms with Crippen molar-refractivity contribution in [1.29, 1.82) is 0 Å². The number of hydrogen-bond donors (Lipinski definition) is 0. The topological polar surface area (TPSA) is 17.8 Å². The van der Waals surface area contributed by atoms with E-state index in [4.69, 9.17) is 6.42 Å². The summed E-state index contributed by atoms with van der Waals surface area (Å²) in [7, 11) is 1.68. The standard InChI is InChI=1S/C13H9F3N2/c1-3-11-8-18(2)12(17-11)9-5-4-6-10(7-9)13(14,15)16/h1,4-8H,2H3. The molecule has 0 unspecified atom stereocenters. The molecular formula is C13H9F3N2. The maximum Gasteiger partial charge on any atom is 0.416 e. The fraction of sp³-hybridized carbons (Fsp3) is 0.154. The third kappa shape index (κ3) is 2.23. The average Bonchev–Trinajstić information content (AvgIpc) is 2.70. The summed E-state index contributed by atoms with van der Waals surface area (Å²) in [5, 5.41) is 0. The van der Waals surface area contributed by atoms with E-state index in [9.17, 15) is 13.2 Å². The molecular weight excluding hydrogens is 241 g/mol. The third-order valence-electron chi connectivity index (χ3n) is 2.47. The normalized spacial score (nSPS) is 11.3. The van der Waals surface area contributed by atoms with Gasteiger partial charge in [0.25, 0.3) is 0 Å². The second kappa shape index (κ2) is 4.22. The van der Waals surface area contributed by atoms with Crippen LogP contribution in [0, 0.1) is 12.3 Å². The predicted molar refractivity (Wildman–Crippen MR) is 61.6 cm³/mol. The molecule has 0 amide bonds. The van der Waals surface area contributed by atoms with Gasteiger partial charge >= 0.3 is 6.18 Å². The molecule has 0 aliphatic rings. The Morgan fingerprint density at radius 3 is 2.61 bits per heavy atom. The fourth-order valence-electron chi connectivity index (χ4n) is 1.64. The van der Waals surface area contributed by atoms with Gasteiger partial charge < -0.3 is 4.57 Å². The number of imidazole rings is 1. The number of halogens is 3. The van der Waals surface area contributed by atoms with E-state index >= 15 is 0 Å². The number of nitrogens with zero attached hydrogens (tertiary/aromatic N) is 2. The molecule has 0 aliphatic carbocycles. The predicted octanol–water partition coefficient (Wildman–Crippen LogP) is 3.09. The minimum Gasteiger partial charge on any atom is -0.333 e. The monoisotopic (exact) mass is 250 g/mol. The highest BCUT2D eigenvalue weighted by molar-refractivity contribution is 5.58. The van der Waals surface area contributed by atoms with Crippen molar-refractivity contribution < 1.29 is 13.2 Å². The number of terminal acetylenes is 1. The van der Waals surface area contributed by atoms with Crippen molar-refractivity contribution in [3.63, 3.8) is 0 Å². The van der Waals surface area contributed by atoms with Crippen LogP contribution in [0.15, 0.2) is 30.5 Å². The van der Waals surface area contributed by atoms with E-state index in [-0.39, 0.29) is 0 Å². The molecule has 0 N–H and O–H groups in total. The van der Waals surface area contributed by atoms with E-state index in [1.54, 1.807) is 23.9 Å². The quantitative estimate of drug-likeness (QED) is 0.711. The lowest BCUT2D eigenvalue weighted by atomic mass is 10.1. The van der Waals surface area contributed by atoms with Gasteiger partial charge in [-0.3, -0.25) is 0 Å². The van der Waals surface area contributed by atoms with Gasteiger partial charge in [0, 0.05) is 18.8 Å². The molecule has 5 heteroatoms. The van der Waals surface area contributed by atoms with Crippen LogP contribution >= 0.6 is 0 Å². The molecule has 2 rings (SSSR count). The Balaban J connectivity index is 2.52. The minimum atomic E-state index is -4.36. The fourth-order valence-corrected chi connectivity index (χ4v) is 1.64. The van der Waals surface area contributed by atoms with Gasteiger partial charge in [0.05, 0.1) is 5.56 Å². The Hall–Kier alpha value is -2.22. The lowest BCUT2D eigenvalue weighted by Gasteiger charge is -2.08. The van der Waals surface area contributed by atoms with Gasteiger partial charge in [0.1, 0.15) is 11.5 Å². The molecule has 0 aliphatic heterocycles. The van der Waals surface area contributed by atoms with Gasteiger partial charge in [-0.2, -0.15) is 13.2 Å². The summed E-state index contributed by atoms with van der Waals surface area (Å²) in [5.41, 5.74) is 0.0731. The third-order valence-corrected chi connectivity index (χ3v) is 2.47. The largest absolute Gasteiger partial charge is 0.416 e. The molecule has 92 valence electrons. The lowest BCUT2D eigenvalue weighted by Crippen LogP contribution is -2.05. The van der Waals surface area contributed by atoms with Gasteiger partial charge in [0.15, 0.2) is 0 Å². The molecule has 1 aromatic heterocycles. The summed E-state index contributed by atoms with van der Waals surface area (Å²) >= 11 is 0. The molecule has 18 heavy (non-hydrogen) atoms. The Bertz CT molecular complexity index is 618. The maximum atomic E-state index is 12.6. The first-order chi connectivity index (χ1) is 8.41. The highest BCUT2D eigenvalue weighted by Crippen LogP contribution is 2.31. The molecule has 0 saturated carbocycles. The van der Waals surface area contributed by atoms with E-state index in [1.807, 2.05) is 0 Å². The summed E-state index contributed by atoms with van der Waals surface area (Å²) in [6.07, 6.45) is 2.43. The molecule has 0 fully saturated rings. The van der Waals surface area contributed by atoms with E-state index in [1.165, 1.54) is 6.07 Å². The zero-order chi connectivity index (χ0) is 13.3. The summed E-state index contributed by atoms with van der Waals surface area (Å²) in [6.45, 7) is 0. The molecule has 1 aromatic carbocycles. The summed E-state index contributed by atoms with van der Waals surface area (Å²) in [6, 6.07) is 5.00. The molecule has 0 atom stereocenters. The smallest absolute Gasteiger partial charge is 0.333 e. The van der Waals surface area contributed by atoms with Gasteiger partial charge in [-0.25, -0.2) is 4.98 Å². The van der Waals surface area contributed by atoms with Crippen LogP contribution in [0.2, 0.25) is 0 Å². The SMILES string of the molecule is C#Cc1cn(C)c(-c2cccc(C(F)(F)F)c2)n1. The number of benzene rings is 1. The second-order valence-corrected chi connectivity index (χ2v) is 3.78. The van der Waals surface area contributed by atoms with E-state index in [0.717, 1.165) is 12.1 Å². The van der Waals surface area contributed by atoms with Gasteiger partial charge in [0.2, 0.25) is 0 Å². The average molecular weight is 250 g/mol. The van der Waals surface area contributed by atoms with Gasteiger partial charge in [-0.05, 0) is 18.1 Å². The van der Waals surface area contributed by atoms with Crippen molar-refractivity contribution in [2.24, 2.45) is 7.05 Å². The maximum absolute atomic E-state index is 12.6. The summed E-state index contributed by atoms with van der Waals surface area (Å²) < 4.78 is 39.4. The van der Waals surface area contributed by atoms with Crippen LogP contribution in [-0.2, 0) is 13.2 Å². The zero-order valence-electron chi connectivity index (χ0n) is 9.49. The first-order valence-corrected chi connectivity index (χ1v) is 5.09. The van der Waals surface area contributed by atoms with Crippen LogP contribution in [0.4, 0.5) is 13.2 Å². The van der Waals surface area contributed by atoms with E-state index in [2.05, 4.69) is 10.9 Å². The van der Waals surface area contributed by atoms with Crippen molar-refractivity contribution in [2.45, 2.75) is 6.18 Å². The van der Waals surface area contributed by atoms with Crippen molar-refractivity contribution in [2.75, 3.05) is 0 Å². The summed E-state index contributed by atoms with van der Waals surface area (Å²) in [4.78, 5) is 4.08. The first kappa shape index (κ1) is 12.2. The van der Waals surface area contributed by atoms with Crippen LogP contribution in [0.25, 0.3) is 11.4 Å². The molecule has 2 aromatic rings. The van der Waals surface area contributed by atoms with Crippen LogP contribution in [0.1, 0.15) is 11.3 Å². The molecule has 1 heterocycles. The van der Waals surface area contributed by atoms with Gasteiger partial charge in [-0.1, -0.05) is 12.1 Å². The number of hydrogen-bond acceptors (Lipinski definition) is 1. The van der Waals surface area contributed by atoms with Crippen molar-refractivity contribution in [1.82, 2.24) is 9.55 Å². The first-order valence-electron chi connectivity index (χ1n) is 5.09. The van der Waals surface area contributed by atoms with Crippen LogP contribution < -0.4 is 0 Å². The Kier molecular flexibility index (Phi) is 2.87. The zero-order valence-corrected chi connectivity index (χ0v) is 9.49. The molecule has 0 radical (unpaired) electrons. The van der Waals surface area contributed by atoms with Gasteiger partial charge in [-0.15, -0.1) is 6.42 Å². The Morgan fingerprint density at radius 1 is 1.33 bits per heavy atom. The van der Waals surface area contributed by atoms with Crippen molar-refractivity contribution in [3.05, 3.63) is 41.7 Å². The van der Waals surface area contributed by atoms with Crippen LogP contribution in [0.3, 0.4) is 0 Å². The highest BCUT2D eigenvalue weighted by Gasteiger charge is 2.30. The van der Waals surface area contributed by atoms with E-state index in [0.29, 0.717) is 17.1 Å². The van der Waals surface area contributed by atoms with Crippen LogP contribution in [0.5, 0.6) is 0 Å². The Labute approximate surface area is 102 Å². The number of rotatable bonds is 1. The second-order valence-electron chi connectivity index (χ2n) is 3.78.